The first kappa shape index (κ1) is 19.1. The molecule has 1 aromatic carbocycles. The van der Waals surface area contributed by atoms with Crippen LogP contribution in [0.25, 0.3) is 0 Å². The monoisotopic (exact) mass is 404 g/mol. The maximum absolute atomic E-state index is 9.64. The maximum atomic E-state index is 9.64. The number of imidazole rings is 1. The van der Waals surface area contributed by atoms with E-state index in [2.05, 4.69) is 60.7 Å². The highest BCUT2D eigenvalue weighted by Gasteiger charge is 2.27. The number of hydrogen-bond acceptors (Lipinski definition) is 6. The summed E-state index contributed by atoms with van der Waals surface area (Å²) in [6.45, 7) is 3.77. The zero-order valence-corrected chi connectivity index (χ0v) is 17.2. The van der Waals surface area contributed by atoms with Crippen LogP contribution >= 0.6 is 0 Å². The van der Waals surface area contributed by atoms with Gasteiger partial charge in [0.25, 0.3) is 0 Å². The molecule has 1 atom stereocenters. The molecule has 4 heterocycles. The van der Waals surface area contributed by atoms with Crippen LogP contribution in [0.5, 0.6) is 0 Å². The van der Waals surface area contributed by atoms with Gasteiger partial charge in [-0.1, -0.05) is 30.3 Å². The normalized spacial score (nSPS) is 18.6. The minimum atomic E-state index is 0.168. The number of aromatic nitrogens is 4. The van der Waals surface area contributed by atoms with Crippen LogP contribution in [0.4, 0.5) is 11.6 Å². The van der Waals surface area contributed by atoms with Crippen molar-refractivity contribution in [2.24, 2.45) is 0 Å². The average molecular weight is 405 g/mol. The van der Waals surface area contributed by atoms with Gasteiger partial charge in [-0.25, -0.2) is 15.0 Å². The molecule has 1 unspecified atom stereocenters. The first-order valence-corrected chi connectivity index (χ1v) is 10.8. The minimum absolute atomic E-state index is 0.168. The molecule has 1 saturated heterocycles. The van der Waals surface area contributed by atoms with Crippen LogP contribution in [0.15, 0.2) is 49.1 Å². The molecule has 0 spiro atoms. The van der Waals surface area contributed by atoms with Crippen LogP contribution in [-0.2, 0) is 25.9 Å². The Morgan fingerprint density at radius 1 is 1.03 bits per heavy atom. The Morgan fingerprint density at radius 3 is 2.77 bits per heavy atom. The van der Waals surface area contributed by atoms with Gasteiger partial charge in [0, 0.05) is 37.8 Å². The summed E-state index contributed by atoms with van der Waals surface area (Å²) in [4.78, 5) is 18.2. The number of aliphatic hydroxyl groups is 1. The Morgan fingerprint density at radius 2 is 1.90 bits per heavy atom. The van der Waals surface area contributed by atoms with E-state index in [1.807, 2.05) is 6.33 Å². The molecule has 156 valence electrons. The fourth-order valence-corrected chi connectivity index (χ4v) is 4.65. The standard InChI is InChI=1S/C23H28N6O/c30-15-19-7-4-10-29(19)23-13-22(24-16-25-23)27-12-9-21-20(14-27)26-17-28(21)11-8-18-5-2-1-3-6-18/h1-3,5-6,13,16-17,19,30H,4,7-12,14-15H2. The number of nitrogens with zero attached hydrogens (tertiary/aromatic N) is 6. The van der Waals surface area contributed by atoms with Gasteiger partial charge in [-0.15, -0.1) is 0 Å². The number of hydrogen-bond donors (Lipinski definition) is 1. The third-order valence-corrected chi connectivity index (χ3v) is 6.32. The molecule has 0 saturated carbocycles. The van der Waals surface area contributed by atoms with E-state index in [0.29, 0.717) is 0 Å². The predicted molar refractivity (Wildman–Crippen MR) is 117 cm³/mol. The van der Waals surface area contributed by atoms with Gasteiger partial charge in [0.05, 0.1) is 31.2 Å². The van der Waals surface area contributed by atoms with Crippen molar-refractivity contribution in [1.82, 2.24) is 19.5 Å². The number of aryl methyl sites for hydroxylation is 2. The lowest BCUT2D eigenvalue weighted by Gasteiger charge is -2.29. The Balaban J connectivity index is 1.28. The highest BCUT2D eigenvalue weighted by molar-refractivity contribution is 5.52. The van der Waals surface area contributed by atoms with Crippen molar-refractivity contribution in [3.8, 4) is 0 Å². The van der Waals surface area contributed by atoms with Gasteiger partial charge in [0.15, 0.2) is 0 Å². The van der Waals surface area contributed by atoms with Crippen LogP contribution in [-0.4, -0.2) is 50.4 Å². The van der Waals surface area contributed by atoms with Crippen molar-refractivity contribution in [2.75, 3.05) is 29.5 Å². The summed E-state index contributed by atoms with van der Waals surface area (Å²) < 4.78 is 2.31. The number of aliphatic hydroxyl groups excluding tert-OH is 1. The van der Waals surface area contributed by atoms with Crippen LogP contribution in [0.1, 0.15) is 29.8 Å². The highest BCUT2D eigenvalue weighted by atomic mass is 16.3. The molecule has 3 aromatic rings. The topological polar surface area (TPSA) is 70.3 Å². The van der Waals surface area contributed by atoms with Crippen LogP contribution in [0.3, 0.4) is 0 Å². The summed E-state index contributed by atoms with van der Waals surface area (Å²) in [5, 5.41) is 9.64. The van der Waals surface area contributed by atoms with Gasteiger partial charge >= 0.3 is 0 Å². The van der Waals surface area contributed by atoms with Gasteiger partial charge in [-0.2, -0.15) is 0 Å². The third kappa shape index (κ3) is 3.77. The van der Waals surface area contributed by atoms with Gasteiger partial charge < -0.3 is 19.5 Å². The molecule has 1 fully saturated rings. The molecule has 2 aromatic heterocycles. The second-order valence-corrected chi connectivity index (χ2v) is 8.14. The van der Waals surface area contributed by atoms with Crippen molar-refractivity contribution in [2.45, 2.75) is 44.8 Å². The number of fused-ring (bicyclic) bond motifs is 1. The lowest BCUT2D eigenvalue weighted by molar-refractivity contribution is 0.266. The lowest BCUT2D eigenvalue weighted by Crippen LogP contribution is -2.34. The molecule has 2 aliphatic rings. The summed E-state index contributed by atoms with van der Waals surface area (Å²) in [6, 6.07) is 12.8. The van der Waals surface area contributed by atoms with E-state index >= 15 is 0 Å². The fraction of sp³-hybridized carbons (Fsp3) is 0.435. The van der Waals surface area contributed by atoms with Gasteiger partial charge in [0.2, 0.25) is 0 Å². The molecule has 5 rings (SSSR count). The van der Waals surface area contributed by atoms with Crippen molar-refractivity contribution in [1.29, 1.82) is 0 Å². The Hall–Kier alpha value is -2.93. The fourth-order valence-electron chi connectivity index (χ4n) is 4.65. The van der Waals surface area contributed by atoms with Crippen LogP contribution in [0.2, 0.25) is 0 Å². The van der Waals surface area contributed by atoms with E-state index in [9.17, 15) is 5.11 Å². The third-order valence-electron chi connectivity index (χ3n) is 6.32. The number of benzene rings is 1. The maximum Gasteiger partial charge on any atom is 0.134 e. The van der Waals surface area contributed by atoms with Gasteiger partial charge in [-0.3, -0.25) is 0 Å². The molecule has 7 nitrogen and oxygen atoms in total. The predicted octanol–water partition coefficient (Wildman–Crippen LogP) is 2.44. The molecule has 7 heteroatoms. The first-order chi connectivity index (χ1) is 14.8. The van der Waals surface area contributed by atoms with E-state index in [0.717, 1.165) is 69.2 Å². The molecule has 30 heavy (non-hydrogen) atoms. The Labute approximate surface area is 177 Å². The number of rotatable bonds is 6. The molecule has 0 amide bonds. The minimum Gasteiger partial charge on any atom is -0.394 e. The SMILES string of the molecule is OCC1CCCN1c1cc(N2CCc3c(ncn3CCc3ccccc3)C2)ncn1. The second-order valence-electron chi connectivity index (χ2n) is 8.14. The summed E-state index contributed by atoms with van der Waals surface area (Å²) in [5.41, 5.74) is 3.84. The molecule has 0 radical (unpaired) electrons. The van der Waals surface area contributed by atoms with E-state index in [1.165, 1.54) is 11.3 Å². The van der Waals surface area contributed by atoms with Gasteiger partial charge in [-0.05, 0) is 24.8 Å². The largest absolute Gasteiger partial charge is 0.394 e. The zero-order valence-electron chi connectivity index (χ0n) is 17.2. The van der Waals surface area contributed by atoms with Crippen LogP contribution in [0, 0.1) is 0 Å². The van der Waals surface area contributed by atoms with Crippen molar-refractivity contribution in [3.63, 3.8) is 0 Å². The van der Waals surface area contributed by atoms with E-state index in [-0.39, 0.29) is 12.6 Å². The van der Waals surface area contributed by atoms with E-state index in [1.54, 1.807) is 6.33 Å². The van der Waals surface area contributed by atoms with Crippen molar-refractivity contribution < 1.29 is 5.11 Å². The van der Waals surface area contributed by atoms with Crippen LogP contribution < -0.4 is 9.80 Å². The Bertz CT molecular complexity index is 988. The molecule has 0 bridgehead atoms. The summed E-state index contributed by atoms with van der Waals surface area (Å²) in [6.07, 6.45) is 7.72. The molecule has 1 N–H and O–H groups in total. The lowest BCUT2D eigenvalue weighted by atomic mass is 10.1. The second kappa shape index (κ2) is 8.44. The molecule has 2 aliphatic heterocycles. The number of anilines is 2. The highest BCUT2D eigenvalue weighted by Crippen LogP contribution is 2.28. The molecular formula is C23H28N6O. The molecule has 0 aliphatic carbocycles. The zero-order chi connectivity index (χ0) is 20.3. The smallest absolute Gasteiger partial charge is 0.134 e. The molecular weight excluding hydrogens is 376 g/mol. The van der Waals surface area contributed by atoms with Gasteiger partial charge in [0.1, 0.15) is 18.0 Å². The average Bonchev–Trinajstić information content (AvgIpc) is 3.45. The summed E-state index contributed by atoms with van der Waals surface area (Å²) >= 11 is 0. The first-order valence-electron chi connectivity index (χ1n) is 10.8. The van der Waals surface area contributed by atoms with Crippen molar-refractivity contribution in [3.05, 3.63) is 66.0 Å². The van der Waals surface area contributed by atoms with E-state index in [4.69, 9.17) is 4.98 Å². The summed E-state index contributed by atoms with van der Waals surface area (Å²) in [7, 11) is 0. The quantitative estimate of drug-likeness (QED) is 0.681. The summed E-state index contributed by atoms with van der Waals surface area (Å²) in [5.74, 6) is 1.85. The Kier molecular flexibility index (Phi) is 5.36. The van der Waals surface area contributed by atoms with E-state index < -0.39 is 0 Å². The van der Waals surface area contributed by atoms with Crippen molar-refractivity contribution >= 4 is 11.6 Å².